The smallest absolute Gasteiger partial charge is 0.191 e. The summed E-state index contributed by atoms with van der Waals surface area (Å²) in [5.41, 5.74) is 0.421. The van der Waals surface area contributed by atoms with Gasteiger partial charge in [0, 0.05) is 37.4 Å². The van der Waals surface area contributed by atoms with Crippen LogP contribution in [0.2, 0.25) is 0 Å². The largest absolute Gasteiger partial charge is 0.377 e. The molecule has 0 unspecified atom stereocenters. The summed E-state index contributed by atoms with van der Waals surface area (Å²) in [6, 6.07) is 3.65. The lowest BCUT2D eigenvalue weighted by atomic mass is 9.95. The average molecular weight is 409 g/mol. The molecule has 1 aromatic carbocycles. The third kappa shape index (κ3) is 4.55. The van der Waals surface area contributed by atoms with Crippen LogP contribution in [0.1, 0.15) is 43.0 Å². The fraction of sp³-hybridized carbons (Fsp3) is 0.600. The van der Waals surface area contributed by atoms with E-state index in [4.69, 9.17) is 4.74 Å². The maximum atomic E-state index is 13.9. The molecular formula is C20H26F2N4OS. The van der Waals surface area contributed by atoms with E-state index >= 15 is 0 Å². The molecule has 4 rings (SSSR count). The van der Waals surface area contributed by atoms with Crippen molar-refractivity contribution in [1.82, 2.24) is 19.7 Å². The molecule has 0 N–H and O–H groups in total. The lowest BCUT2D eigenvalue weighted by molar-refractivity contribution is 0.129. The molecule has 2 aliphatic rings. The van der Waals surface area contributed by atoms with Gasteiger partial charge in [0.1, 0.15) is 17.5 Å². The van der Waals surface area contributed by atoms with Crippen LogP contribution in [0.3, 0.4) is 0 Å². The molecule has 0 bridgehead atoms. The van der Waals surface area contributed by atoms with E-state index in [-0.39, 0.29) is 5.82 Å². The van der Waals surface area contributed by atoms with Crippen molar-refractivity contribution < 1.29 is 13.5 Å². The van der Waals surface area contributed by atoms with Gasteiger partial charge in [0.25, 0.3) is 0 Å². The van der Waals surface area contributed by atoms with E-state index in [1.807, 2.05) is 7.05 Å². The predicted molar refractivity (Wildman–Crippen MR) is 104 cm³/mol. The number of thioether (sulfide) groups is 1. The molecule has 2 aliphatic heterocycles. The van der Waals surface area contributed by atoms with Crippen LogP contribution in [0.5, 0.6) is 0 Å². The summed E-state index contributed by atoms with van der Waals surface area (Å²) in [5, 5.41) is 9.76. The fourth-order valence-electron chi connectivity index (χ4n) is 4.01. The SMILES string of the molecule is Cn1c(SC[C@H]2CCCO2)nnc1C1CCN(Cc2cc(F)ccc2F)CC1. The molecule has 2 fully saturated rings. The van der Waals surface area contributed by atoms with Crippen molar-refractivity contribution in [1.29, 1.82) is 0 Å². The van der Waals surface area contributed by atoms with E-state index < -0.39 is 5.82 Å². The van der Waals surface area contributed by atoms with Crippen molar-refractivity contribution in [2.75, 3.05) is 25.4 Å². The average Bonchev–Trinajstić information content (AvgIpc) is 3.34. The van der Waals surface area contributed by atoms with Crippen LogP contribution in [0.4, 0.5) is 8.78 Å². The summed E-state index contributed by atoms with van der Waals surface area (Å²) in [7, 11) is 2.03. The summed E-state index contributed by atoms with van der Waals surface area (Å²) >= 11 is 1.71. The first-order valence-electron chi connectivity index (χ1n) is 9.90. The standard InChI is InChI=1S/C20H26F2N4OS/c1-25-19(23-24-20(25)28-13-17-3-2-10-27-17)14-6-8-26(9-7-14)12-15-11-16(21)4-5-18(15)22/h4-5,11,14,17H,2-3,6-10,12-13H2,1H3/t17-/m1/s1. The van der Waals surface area contributed by atoms with Crippen molar-refractivity contribution in [3.63, 3.8) is 0 Å². The van der Waals surface area contributed by atoms with Gasteiger partial charge in [-0.05, 0) is 57.0 Å². The molecule has 1 atom stereocenters. The number of halogens is 2. The molecule has 3 heterocycles. The van der Waals surface area contributed by atoms with E-state index in [0.29, 0.717) is 24.1 Å². The minimum absolute atomic E-state index is 0.330. The summed E-state index contributed by atoms with van der Waals surface area (Å²) in [6.07, 6.45) is 4.49. The van der Waals surface area contributed by atoms with E-state index in [0.717, 1.165) is 68.2 Å². The number of piperidine rings is 1. The van der Waals surface area contributed by atoms with Gasteiger partial charge in [-0.2, -0.15) is 0 Å². The minimum Gasteiger partial charge on any atom is -0.377 e. The molecule has 1 aromatic heterocycles. The number of hydrogen-bond donors (Lipinski definition) is 0. The van der Waals surface area contributed by atoms with Crippen LogP contribution in [0.15, 0.2) is 23.4 Å². The number of hydrogen-bond acceptors (Lipinski definition) is 5. The molecule has 2 saturated heterocycles. The van der Waals surface area contributed by atoms with Crippen molar-refractivity contribution in [2.24, 2.45) is 7.05 Å². The molecule has 0 spiro atoms. The number of aromatic nitrogens is 3. The zero-order chi connectivity index (χ0) is 19.5. The number of benzene rings is 1. The zero-order valence-electron chi connectivity index (χ0n) is 16.1. The van der Waals surface area contributed by atoms with Gasteiger partial charge in [-0.15, -0.1) is 10.2 Å². The van der Waals surface area contributed by atoms with Gasteiger partial charge in [0.15, 0.2) is 5.16 Å². The van der Waals surface area contributed by atoms with Crippen LogP contribution < -0.4 is 0 Å². The second kappa shape index (κ2) is 8.88. The molecule has 0 amide bonds. The second-order valence-electron chi connectivity index (χ2n) is 7.63. The summed E-state index contributed by atoms with van der Waals surface area (Å²) < 4.78 is 35.0. The fourth-order valence-corrected chi connectivity index (χ4v) is 4.99. The zero-order valence-corrected chi connectivity index (χ0v) is 16.9. The highest BCUT2D eigenvalue weighted by Gasteiger charge is 2.26. The summed E-state index contributed by atoms with van der Waals surface area (Å²) in [6.45, 7) is 2.99. The third-order valence-corrected chi connectivity index (χ3v) is 6.80. The molecule has 152 valence electrons. The molecule has 28 heavy (non-hydrogen) atoms. The molecule has 2 aromatic rings. The Labute approximate surface area is 168 Å². The van der Waals surface area contributed by atoms with Gasteiger partial charge >= 0.3 is 0 Å². The third-order valence-electron chi connectivity index (χ3n) is 5.65. The van der Waals surface area contributed by atoms with Gasteiger partial charge in [0.2, 0.25) is 0 Å². The van der Waals surface area contributed by atoms with Gasteiger partial charge in [-0.1, -0.05) is 11.8 Å². The van der Waals surface area contributed by atoms with Crippen LogP contribution in [-0.4, -0.2) is 51.2 Å². The van der Waals surface area contributed by atoms with Crippen molar-refractivity contribution in [3.8, 4) is 0 Å². The molecule has 0 aliphatic carbocycles. The molecular weight excluding hydrogens is 382 g/mol. The maximum Gasteiger partial charge on any atom is 0.191 e. The van der Waals surface area contributed by atoms with Crippen molar-refractivity contribution in [3.05, 3.63) is 41.2 Å². The van der Waals surface area contributed by atoms with E-state index in [1.165, 1.54) is 12.1 Å². The highest BCUT2D eigenvalue weighted by Crippen LogP contribution is 2.30. The lowest BCUT2D eigenvalue weighted by Crippen LogP contribution is -2.33. The summed E-state index contributed by atoms with van der Waals surface area (Å²) in [5.74, 6) is 1.56. The normalized spacial score (nSPS) is 21.5. The molecule has 0 saturated carbocycles. The van der Waals surface area contributed by atoms with Crippen molar-refractivity contribution in [2.45, 2.75) is 49.4 Å². The number of ether oxygens (including phenoxy) is 1. The van der Waals surface area contributed by atoms with Gasteiger partial charge in [-0.3, -0.25) is 4.90 Å². The van der Waals surface area contributed by atoms with Crippen LogP contribution in [0, 0.1) is 11.6 Å². The van der Waals surface area contributed by atoms with Crippen molar-refractivity contribution >= 4 is 11.8 Å². The van der Waals surface area contributed by atoms with Crippen LogP contribution >= 0.6 is 11.8 Å². The van der Waals surface area contributed by atoms with Gasteiger partial charge < -0.3 is 9.30 Å². The highest BCUT2D eigenvalue weighted by atomic mass is 32.2. The summed E-state index contributed by atoms with van der Waals surface area (Å²) in [4.78, 5) is 2.18. The quantitative estimate of drug-likeness (QED) is 0.681. The van der Waals surface area contributed by atoms with E-state index in [2.05, 4.69) is 19.7 Å². The monoisotopic (exact) mass is 408 g/mol. The number of likely N-dealkylation sites (tertiary alicyclic amines) is 1. The number of nitrogens with zero attached hydrogens (tertiary/aromatic N) is 4. The Morgan fingerprint density at radius 1 is 1.18 bits per heavy atom. The lowest BCUT2D eigenvalue weighted by Gasteiger charge is -2.31. The van der Waals surface area contributed by atoms with Crippen LogP contribution in [0.25, 0.3) is 0 Å². The Bertz CT molecular complexity index is 801. The highest BCUT2D eigenvalue weighted by molar-refractivity contribution is 7.99. The Balaban J connectivity index is 1.31. The van der Waals surface area contributed by atoms with Gasteiger partial charge in [-0.25, -0.2) is 8.78 Å². The molecule has 0 radical (unpaired) electrons. The first-order chi connectivity index (χ1) is 13.6. The minimum atomic E-state index is -0.390. The molecule has 8 heteroatoms. The van der Waals surface area contributed by atoms with E-state index in [1.54, 1.807) is 11.8 Å². The van der Waals surface area contributed by atoms with E-state index in [9.17, 15) is 8.78 Å². The second-order valence-corrected chi connectivity index (χ2v) is 8.62. The Hall–Kier alpha value is -1.51. The first kappa shape index (κ1) is 19.8. The van der Waals surface area contributed by atoms with Gasteiger partial charge in [0.05, 0.1) is 6.10 Å². The maximum absolute atomic E-state index is 13.9. The Kier molecular flexibility index (Phi) is 6.28. The topological polar surface area (TPSA) is 43.2 Å². The Morgan fingerprint density at radius 3 is 2.75 bits per heavy atom. The Morgan fingerprint density at radius 2 is 2.00 bits per heavy atom. The number of rotatable bonds is 6. The first-order valence-corrected chi connectivity index (χ1v) is 10.9. The van der Waals surface area contributed by atoms with Crippen LogP contribution in [-0.2, 0) is 18.3 Å². The molecule has 5 nitrogen and oxygen atoms in total. The predicted octanol–water partition coefficient (Wildman–Crippen LogP) is 3.74.